The van der Waals surface area contributed by atoms with Crippen molar-refractivity contribution in [3.63, 3.8) is 0 Å². The van der Waals surface area contributed by atoms with Crippen molar-refractivity contribution in [2.75, 3.05) is 5.32 Å². The first kappa shape index (κ1) is 25.8. The summed E-state index contributed by atoms with van der Waals surface area (Å²) in [6.45, 7) is 8.60. The van der Waals surface area contributed by atoms with Crippen molar-refractivity contribution in [3.05, 3.63) is 106 Å². The maximum atomic E-state index is 13.4. The fourth-order valence-electron chi connectivity index (χ4n) is 4.45. The minimum absolute atomic E-state index is 0.0145. The van der Waals surface area contributed by atoms with Crippen molar-refractivity contribution < 1.29 is 9.53 Å². The molecule has 0 aliphatic carbocycles. The third-order valence-corrected chi connectivity index (χ3v) is 7.15. The maximum Gasteiger partial charge on any atom is 0.231 e. The minimum atomic E-state index is -0.288. The lowest BCUT2D eigenvalue weighted by Gasteiger charge is -2.18. The molecule has 0 saturated carbocycles. The highest BCUT2D eigenvalue weighted by atomic mass is 35.5. The zero-order valence-corrected chi connectivity index (χ0v) is 22.3. The Kier molecular flexibility index (Phi) is 8.32. The summed E-state index contributed by atoms with van der Waals surface area (Å²) >= 11 is 6.40. The molecule has 36 heavy (non-hydrogen) atoms. The van der Waals surface area contributed by atoms with Crippen molar-refractivity contribution in [1.29, 1.82) is 0 Å². The number of ether oxygens (including phenoxy) is 1. The quantitative estimate of drug-likeness (QED) is 0.250. The van der Waals surface area contributed by atoms with Gasteiger partial charge in [0.25, 0.3) is 0 Å². The van der Waals surface area contributed by atoms with Gasteiger partial charge in [-0.1, -0.05) is 79.5 Å². The summed E-state index contributed by atoms with van der Waals surface area (Å²) in [5, 5.41) is 6.09. The number of amides is 1. The van der Waals surface area contributed by atoms with Crippen LogP contribution >= 0.6 is 11.6 Å². The second-order valence-electron chi connectivity index (χ2n) is 9.53. The van der Waals surface area contributed by atoms with Crippen LogP contribution in [-0.2, 0) is 17.8 Å². The van der Waals surface area contributed by atoms with Gasteiger partial charge in [-0.05, 0) is 90.4 Å². The number of nitrogens with one attached hydrogen (secondary N) is 1. The van der Waals surface area contributed by atoms with E-state index in [0.717, 1.165) is 63.5 Å². The third kappa shape index (κ3) is 5.91. The fraction of sp³-hybridized carbons (Fsp3) is 0.281. The van der Waals surface area contributed by atoms with Gasteiger partial charge in [0.1, 0.15) is 12.4 Å². The Balaban J connectivity index is 1.56. The summed E-state index contributed by atoms with van der Waals surface area (Å²) in [4.78, 5) is 13.4. The van der Waals surface area contributed by atoms with E-state index in [2.05, 4.69) is 42.6 Å². The Labute approximate surface area is 219 Å². The monoisotopic (exact) mass is 499 g/mol. The highest BCUT2D eigenvalue weighted by Gasteiger charge is 2.19. The van der Waals surface area contributed by atoms with Gasteiger partial charge in [0.05, 0.1) is 10.9 Å². The Hall–Kier alpha value is -3.30. The van der Waals surface area contributed by atoms with Crippen LogP contribution in [0.2, 0.25) is 5.02 Å². The highest BCUT2D eigenvalue weighted by molar-refractivity contribution is 6.32. The number of fused-ring (bicyclic) bond motifs is 1. The molecule has 0 aromatic heterocycles. The van der Waals surface area contributed by atoms with Gasteiger partial charge in [0.2, 0.25) is 5.91 Å². The molecule has 4 rings (SSSR count). The highest BCUT2D eigenvalue weighted by Crippen LogP contribution is 2.30. The fourth-order valence-corrected chi connectivity index (χ4v) is 4.72. The number of anilines is 1. The number of benzene rings is 4. The van der Waals surface area contributed by atoms with E-state index in [4.69, 9.17) is 16.3 Å². The molecule has 1 N–H and O–H groups in total. The van der Waals surface area contributed by atoms with E-state index in [1.54, 1.807) is 0 Å². The summed E-state index contributed by atoms with van der Waals surface area (Å²) in [6.07, 6.45) is 3.07. The molecule has 3 nitrogen and oxygen atoms in total. The molecular weight excluding hydrogens is 466 g/mol. The molecule has 1 atom stereocenters. The maximum absolute atomic E-state index is 13.4. The van der Waals surface area contributed by atoms with E-state index in [9.17, 15) is 4.79 Å². The van der Waals surface area contributed by atoms with Crippen molar-refractivity contribution in [2.45, 2.75) is 59.5 Å². The number of hydrogen-bond acceptors (Lipinski definition) is 2. The van der Waals surface area contributed by atoms with Crippen molar-refractivity contribution >= 4 is 34.0 Å². The molecule has 0 fully saturated rings. The molecule has 4 aromatic carbocycles. The third-order valence-electron chi connectivity index (χ3n) is 6.86. The van der Waals surface area contributed by atoms with Gasteiger partial charge in [-0.2, -0.15) is 0 Å². The van der Waals surface area contributed by atoms with Crippen molar-refractivity contribution in [3.8, 4) is 5.75 Å². The van der Waals surface area contributed by atoms with Crippen LogP contribution in [0.25, 0.3) is 10.8 Å². The van der Waals surface area contributed by atoms with Gasteiger partial charge in [0.15, 0.2) is 0 Å². The van der Waals surface area contributed by atoms with E-state index < -0.39 is 0 Å². The SMILES string of the molecule is CCCCc1ccc(COc2cc(C)c(C)cc2Cl)cc1NC(=O)C(C)c1cccc2ccccc12. The van der Waals surface area contributed by atoms with Crippen molar-refractivity contribution in [2.24, 2.45) is 0 Å². The molecule has 4 aromatic rings. The summed E-state index contributed by atoms with van der Waals surface area (Å²) in [6, 6.07) is 24.5. The summed E-state index contributed by atoms with van der Waals surface area (Å²) in [5.41, 5.74) is 6.29. The minimum Gasteiger partial charge on any atom is -0.487 e. The van der Waals surface area contributed by atoms with Gasteiger partial charge in [-0.15, -0.1) is 0 Å². The van der Waals surface area contributed by atoms with Crippen LogP contribution in [0.1, 0.15) is 60.4 Å². The van der Waals surface area contributed by atoms with E-state index in [1.165, 1.54) is 0 Å². The van der Waals surface area contributed by atoms with Gasteiger partial charge >= 0.3 is 0 Å². The molecule has 0 saturated heterocycles. The first-order valence-electron chi connectivity index (χ1n) is 12.7. The van der Waals surface area contributed by atoms with E-state index in [-0.39, 0.29) is 11.8 Å². The van der Waals surface area contributed by atoms with E-state index >= 15 is 0 Å². The zero-order chi connectivity index (χ0) is 25.7. The van der Waals surface area contributed by atoms with Crippen LogP contribution in [0.3, 0.4) is 0 Å². The van der Waals surface area contributed by atoms with Crippen LogP contribution < -0.4 is 10.1 Å². The normalized spacial score (nSPS) is 11.9. The first-order valence-corrected chi connectivity index (χ1v) is 13.0. The number of carbonyl (C=O) groups excluding carboxylic acids is 1. The Morgan fingerprint density at radius 3 is 2.53 bits per heavy atom. The Morgan fingerprint density at radius 2 is 1.72 bits per heavy atom. The Bertz CT molecular complexity index is 1370. The molecule has 1 unspecified atom stereocenters. The van der Waals surface area contributed by atoms with Crippen LogP contribution in [0.15, 0.2) is 72.8 Å². The number of rotatable bonds is 9. The molecule has 0 spiro atoms. The first-order chi connectivity index (χ1) is 17.4. The van der Waals surface area contributed by atoms with Crippen LogP contribution in [0, 0.1) is 13.8 Å². The number of aryl methyl sites for hydroxylation is 3. The van der Waals surface area contributed by atoms with Gasteiger partial charge in [-0.25, -0.2) is 0 Å². The molecule has 0 aliphatic heterocycles. The lowest BCUT2D eigenvalue weighted by Crippen LogP contribution is -2.20. The zero-order valence-electron chi connectivity index (χ0n) is 21.5. The molecule has 186 valence electrons. The average Bonchev–Trinajstić information content (AvgIpc) is 2.88. The molecule has 1 amide bonds. The summed E-state index contributed by atoms with van der Waals surface area (Å²) in [7, 11) is 0. The molecular formula is C32H34ClNO2. The summed E-state index contributed by atoms with van der Waals surface area (Å²) < 4.78 is 6.06. The molecule has 0 aliphatic rings. The average molecular weight is 500 g/mol. The van der Waals surface area contributed by atoms with E-state index in [1.807, 2.05) is 63.2 Å². The van der Waals surface area contributed by atoms with Gasteiger partial charge in [-0.3, -0.25) is 4.79 Å². The van der Waals surface area contributed by atoms with Crippen LogP contribution in [0.5, 0.6) is 5.75 Å². The van der Waals surface area contributed by atoms with Crippen LogP contribution in [0.4, 0.5) is 5.69 Å². The summed E-state index contributed by atoms with van der Waals surface area (Å²) in [5.74, 6) is 0.369. The van der Waals surface area contributed by atoms with Gasteiger partial charge < -0.3 is 10.1 Å². The van der Waals surface area contributed by atoms with Crippen molar-refractivity contribution in [1.82, 2.24) is 0 Å². The van der Waals surface area contributed by atoms with Crippen LogP contribution in [-0.4, -0.2) is 5.91 Å². The number of unbranched alkanes of at least 4 members (excludes halogenated alkanes) is 1. The lowest BCUT2D eigenvalue weighted by molar-refractivity contribution is -0.117. The molecule has 0 bridgehead atoms. The van der Waals surface area contributed by atoms with Gasteiger partial charge in [0, 0.05) is 5.69 Å². The predicted molar refractivity (Wildman–Crippen MR) is 151 cm³/mol. The number of carbonyl (C=O) groups is 1. The van der Waals surface area contributed by atoms with E-state index in [0.29, 0.717) is 17.4 Å². The molecule has 0 heterocycles. The second kappa shape index (κ2) is 11.6. The largest absolute Gasteiger partial charge is 0.487 e. The second-order valence-corrected chi connectivity index (χ2v) is 9.94. The predicted octanol–water partition coefficient (Wildman–Crippen LogP) is 8.77. The number of hydrogen-bond donors (Lipinski definition) is 1. The Morgan fingerprint density at radius 1 is 0.972 bits per heavy atom. The number of halogens is 1. The molecule has 4 heteroatoms. The lowest BCUT2D eigenvalue weighted by atomic mass is 9.94. The smallest absolute Gasteiger partial charge is 0.231 e. The standard InChI is InChI=1S/C32H34ClNO2/c1-5-6-10-26-16-15-24(20-36-31-18-22(3)21(2)17-29(31)33)19-30(26)34-32(35)23(4)27-14-9-12-25-11-7-8-13-28(25)27/h7-9,11-19,23H,5-6,10,20H2,1-4H3,(H,34,35). The molecule has 0 radical (unpaired) electrons. The topological polar surface area (TPSA) is 38.3 Å².